The summed E-state index contributed by atoms with van der Waals surface area (Å²) in [6.45, 7) is 2.21. The third kappa shape index (κ3) is 5.50. The number of thioether (sulfide) groups is 1. The molecule has 2 aromatic carbocycles. The van der Waals surface area contributed by atoms with Crippen molar-refractivity contribution in [2.24, 2.45) is 0 Å². The molecule has 1 amide bonds. The van der Waals surface area contributed by atoms with Crippen molar-refractivity contribution in [2.75, 3.05) is 37.3 Å². The molecule has 0 radical (unpaired) electrons. The lowest BCUT2D eigenvalue weighted by molar-refractivity contribution is -0.134. The number of hydrogen-bond donors (Lipinski definition) is 1. The van der Waals surface area contributed by atoms with E-state index in [1.807, 2.05) is 30.5 Å². The zero-order chi connectivity index (χ0) is 22.6. The van der Waals surface area contributed by atoms with Gasteiger partial charge in [0.2, 0.25) is 5.91 Å². The lowest BCUT2D eigenvalue weighted by atomic mass is 10.1. The number of amides is 1. The maximum atomic E-state index is 12.8. The molecule has 32 heavy (non-hydrogen) atoms. The second-order valence-electron chi connectivity index (χ2n) is 7.17. The maximum Gasteiger partial charge on any atom is 0.263 e. The molecule has 168 valence electrons. The number of benzene rings is 2. The van der Waals surface area contributed by atoms with Gasteiger partial charge < -0.3 is 9.64 Å². The van der Waals surface area contributed by atoms with Crippen molar-refractivity contribution >= 4 is 44.2 Å². The van der Waals surface area contributed by atoms with Gasteiger partial charge in [-0.1, -0.05) is 24.3 Å². The molecule has 10 heteroatoms. The zero-order valence-electron chi connectivity index (χ0n) is 17.5. The summed E-state index contributed by atoms with van der Waals surface area (Å²) < 4.78 is 33.3. The molecule has 4 rings (SSSR count). The van der Waals surface area contributed by atoms with Crippen LogP contribution < -0.4 is 4.72 Å². The van der Waals surface area contributed by atoms with E-state index in [4.69, 9.17) is 4.74 Å². The SMILES string of the molecule is CSc1ccc(-c2ccc(S(=O)(=O)Nc3nc(CC(=O)N4CCOCC4)cs3)cc2)cc1. The lowest BCUT2D eigenvalue weighted by Gasteiger charge is -2.26. The van der Waals surface area contributed by atoms with Crippen molar-refractivity contribution in [2.45, 2.75) is 16.2 Å². The zero-order valence-corrected chi connectivity index (χ0v) is 19.9. The van der Waals surface area contributed by atoms with E-state index in [1.165, 1.54) is 4.90 Å². The summed E-state index contributed by atoms with van der Waals surface area (Å²) in [4.78, 5) is 19.7. The van der Waals surface area contributed by atoms with Crippen LogP contribution in [0.1, 0.15) is 5.69 Å². The minimum absolute atomic E-state index is 0.0332. The average Bonchev–Trinajstić information content (AvgIpc) is 3.25. The Morgan fingerprint density at radius 2 is 1.72 bits per heavy atom. The summed E-state index contributed by atoms with van der Waals surface area (Å²) in [5.74, 6) is -0.0332. The van der Waals surface area contributed by atoms with Gasteiger partial charge in [0.05, 0.1) is 30.2 Å². The quantitative estimate of drug-likeness (QED) is 0.509. The first kappa shape index (κ1) is 22.8. The number of thiazole rings is 1. The number of nitrogens with zero attached hydrogens (tertiary/aromatic N) is 2. The minimum atomic E-state index is -3.78. The summed E-state index contributed by atoms with van der Waals surface area (Å²) in [5.41, 5.74) is 2.51. The third-order valence-corrected chi connectivity index (χ3v) is 8.09. The molecule has 1 fully saturated rings. The van der Waals surface area contributed by atoms with Gasteiger partial charge >= 0.3 is 0 Å². The predicted molar refractivity (Wildman–Crippen MR) is 128 cm³/mol. The number of carbonyl (C=O) groups excluding carboxylic acids is 1. The number of rotatable bonds is 7. The number of sulfonamides is 1. The van der Waals surface area contributed by atoms with Gasteiger partial charge in [-0.2, -0.15) is 0 Å². The Labute approximate surface area is 195 Å². The van der Waals surface area contributed by atoms with E-state index in [0.717, 1.165) is 22.5 Å². The molecule has 0 atom stereocenters. The molecule has 0 bridgehead atoms. The highest BCUT2D eigenvalue weighted by Gasteiger charge is 2.20. The van der Waals surface area contributed by atoms with Crippen molar-refractivity contribution in [1.29, 1.82) is 0 Å². The van der Waals surface area contributed by atoms with Gasteiger partial charge in [-0.15, -0.1) is 23.1 Å². The highest BCUT2D eigenvalue weighted by atomic mass is 32.2. The van der Waals surface area contributed by atoms with E-state index in [1.54, 1.807) is 46.3 Å². The van der Waals surface area contributed by atoms with Gasteiger partial charge in [-0.25, -0.2) is 13.4 Å². The molecule has 1 aromatic heterocycles. The molecular weight excluding hydrogens is 466 g/mol. The largest absolute Gasteiger partial charge is 0.378 e. The molecule has 7 nitrogen and oxygen atoms in total. The van der Waals surface area contributed by atoms with Crippen molar-refractivity contribution < 1.29 is 17.9 Å². The number of ether oxygens (including phenoxy) is 1. The van der Waals surface area contributed by atoms with Crippen molar-refractivity contribution in [3.8, 4) is 11.1 Å². The Kier molecular flexibility index (Phi) is 7.14. The van der Waals surface area contributed by atoms with Crippen LogP contribution in [0.5, 0.6) is 0 Å². The van der Waals surface area contributed by atoms with Gasteiger partial charge in [0, 0.05) is 23.4 Å². The number of nitrogens with one attached hydrogen (secondary N) is 1. The van der Waals surface area contributed by atoms with Gasteiger partial charge in [-0.3, -0.25) is 9.52 Å². The summed E-state index contributed by atoms with van der Waals surface area (Å²) >= 11 is 2.84. The Hall–Kier alpha value is -2.40. The minimum Gasteiger partial charge on any atom is -0.378 e. The first-order valence-electron chi connectivity index (χ1n) is 10.0. The van der Waals surface area contributed by atoms with Crippen LogP contribution in [0.4, 0.5) is 5.13 Å². The van der Waals surface area contributed by atoms with Crippen LogP contribution in [0.2, 0.25) is 0 Å². The molecule has 0 aliphatic carbocycles. The van der Waals surface area contributed by atoms with Gasteiger partial charge in [0.25, 0.3) is 10.0 Å². The highest BCUT2D eigenvalue weighted by Crippen LogP contribution is 2.26. The number of aromatic nitrogens is 1. The molecular formula is C22H23N3O4S3. The monoisotopic (exact) mass is 489 g/mol. The van der Waals surface area contributed by atoms with Crippen LogP contribution in [-0.2, 0) is 26.0 Å². The molecule has 1 aliphatic rings. The Morgan fingerprint density at radius 1 is 1.09 bits per heavy atom. The van der Waals surface area contributed by atoms with Crippen LogP contribution in [0.15, 0.2) is 63.7 Å². The second kappa shape index (κ2) is 10.0. The molecule has 3 aromatic rings. The fourth-order valence-corrected chi connectivity index (χ4v) is 5.67. The van der Waals surface area contributed by atoms with Crippen LogP contribution in [0, 0.1) is 0 Å². The molecule has 0 saturated carbocycles. The molecule has 1 aliphatic heterocycles. The lowest BCUT2D eigenvalue weighted by Crippen LogP contribution is -2.41. The molecule has 2 heterocycles. The highest BCUT2D eigenvalue weighted by molar-refractivity contribution is 7.98. The van der Waals surface area contributed by atoms with E-state index >= 15 is 0 Å². The fraction of sp³-hybridized carbons (Fsp3) is 0.273. The smallest absolute Gasteiger partial charge is 0.263 e. The summed E-state index contributed by atoms with van der Waals surface area (Å²) in [6.07, 6.45) is 2.16. The first-order chi connectivity index (χ1) is 15.4. The van der Waals surface area contributed by atoms with E-state index in [2.05, 4.69) is 9.71 Å². The Morgan fingerprint density at radius 3 is 2.34 bits per heavy atom. The van der Waals surface area contributed by atoms with Gasteiger partial charge in [0.15, 0.2) is 5.13 Å². The van der Waals surface area contributed by atoms with Crippen LogP contribution in [-0.4, -0.2) is 56.8 Å². The average molecular weight is 490 g/mol. The molecule has 0 unspecified atom stereocenters. The molecule has 1 N–H and O–H groups in total. The van der Waals surface area contributed by atoms with Crippen molar-refractivity contribution in [1.82, 2.24) is 9.88 Å². The number of anilines is 1. The van der Waals surface area contributed by atoms with Crippen molar-refractivity contribution in [3.05, 3.63) is 59.6 Å². The Balaban J connectivity index is 1.41. The van der Waals surface area contributed by atoms with Crippen LogP contribution >= 0.6 is 23.1 Å². The van der Waals surface area contributed by atoms with E-state index < -0.39 is 10.0 Å². The summed E-state index contributed by atoms with van der Waals surface area (Å²) in [5, 5.41) is 1.95. The number of carbonyl (C=O) groups is 1. The third-order valence-electron chi connectivity index (χ3n) is 5.06. The second-order valence-corrected chi connectivity index (χ2v) is 10.6. The fourth-order valence-electron chi connectivity index (χ4n) is 3.30. The normalized spacial score (nSPS) is 14.3. The Bertz CT molecular complexity index is 1170. The van der Waals surface area contributed by atoms with Crippen LogP contribution in [0.25, 0.3) is 11.1 Å². The van der Waals surface area contributed by atoms with E-state index in [9.17, 15) is 13.2 Å². The van der Waals surface area contributed by atoms with Crippen molar-refractivity contribution in [3.63, 3.8) is 0 Å². The molecule has 1 saturated heterocycles. The number of morpholine rings is 1. The standard InChI is InChI=1S/C22H23N3O4S3/c1-30-19-6-2-16(3-7-19)17-4-8-20(9-5-17)32(27,28)24-22-23-18(15-31-22)14-21(26)25-10-12-29-13-11-25/h2-9,15H,10-14H2,1H3,(H,23,24). The van der Waals surface area contributed by atoms with Crippen LogP contribution in [0.3, 0.4) is 0 Å². The predicted octanol–water partition coefficient (Wildman–Crippen LogP) is 3.73. The van der Waals surface area contributed by atoms with Gasteiger partial charge in [-0.05, 0) is 41.6 Å². The van der Waals surface area contributed by atoms with E-state index in [-0.39, 0.29) is 22.4 Å². The van der Waals surface area contributed by atoms with Gasteiger partial charge in [0.1, 0.15) is 0 Å². The topological polar surface area (TPSA) is 88.6 Å². The summed E-state index contributed by atoms with van der Waals surface area (Å²) in [6, 6.07) is 14.8. The molecule has 0 spiro atoms. The number of hydrogen-bond acceptors (Lipinski definition) is 7. The van der Waals surface area contributed by atoms with E-state index in [0.29, 0.717) is 32.0 Å². The maximum absolute atomic E-state index is 12.8. The summed E-state index contributed by atoms with van der Waals surface area (Å²) in [7, 11) is -3.78. The first-order valence-corrected chi connectivity index (χ1v) is 13.6.